The molecule has 1 rings (SSSR count). The van der Waals surface area contributed by atoms with Crippen molar-refractivity contribution in [3.8, 4) is 0 Å². The summed E-state index contributed by atoms with van der Waals surface area (Å²) in [5.74, 6) is -1.76. The van der Waals surface area contributed by atoms with Crippen LogP contribution in [0.2, 0.25) is 0 Å². The highest BCUT2D eigenvalue weighted by molar-refractivity contribution is 7.10. The lowest BCUT2D eigenvalue weighted by molar-refractivity contribution is -0.141. The molecule has 0 aliphatic heterocycles. The molecule has 0 fully saturated rings. The Kier molecular flexibility index (Phi) is 5.80. The number of rotatable bonds is 6. The standard InChI is InChI=1S/C11H14N2O5S/c1-2-18-8(14)6-12-11(17)13-9(10(15)16)7-4-3-5-19-7/h3-5,9H,2,6H2,1H3,(H,15,16)(H2,12,13,17). The lowest BCUT2D eigenvalue weighted by Gasteiger charge is -2.13. The minimum atomic E-state index is -1.17. The maximum Gasteiger partial charge on any atom is 0.331 e. The molecule has 1 unspecified atom stereocenters. The van der Waals surface area contributed by atoms with Gasteiger partial charge in [0.15, 0.2) is 6.04 Å². The molecule has 19 heavy (non-hydrogen) atoms. The zero-order valence-corrected chi connectivity index (χ0v) is 11.0. The predicted molar refractivity (Wildman–Crippen MR) is 67.9 cm³/mol. The molecule has 8 heteroatoms. The van der Waals surface area contributed by atoms with E-state index in [9.17, 15) is 14.4 Å². The average molecular weight is 286 g/mol. The van der Waals surface area contributed by atoms with E-state index in [2.05, 4.69) is 15.4 Å². The van der Waals surface area contributed by atoms with E-state index in [4.69, 9.17) is 5.11 Å². The summed E-state index contributed by atoms with van der Waals surface area (Å²) in [6.07, 6.45) is 0. The van der Waals surface area contributed by atoms with E-state index in [1.165, 1.54) is 11.3 Å². The van der Waals surface area contributed by atoms with E-state index < -0.39 is 24.0 Å². The van der Waals surface area contributed by atoms with Gasteiger partial charge in [-0.1, -0.05) is 6.07 Å². The Labute approximate surface area is 113 Å². The fourth-order valence-corrected chi connectivity index (χ4v) is 2.02. The number of carbonyl (C=O) groups excluding carboxylic acids is 2. The molecule has 1 aromatic heterocycles. The molecule has 0 bridgehead atoms. The molecule has 0 aliphatic rings. The molecule has 0 aliphatic carbocycles. The van der Waals surface area contributed by atoms with Crippen molar-refractivity contribution < 1.29 is 24.2 Å². The van der Waals surface area contributed by atoms with Crippen molar-refractivity contribution in [1.29, 1.82) is 0 Å². The molecule has 1 heterocycles. The first-order chi connectivity index (χ1) is 9.04. The Hall–Kier alpha value is -2.09. The predicted octanol–water partition coefficient (Wildman–Crippen LogP) is 0.736. The molecular weight excluding hydrogens is 272 g/mol. The maximum atomic E-state index is 11.5. The van der Waals surface area contributed by atoms with Crippen LogP contribution in [0.1, 0.15) is 17.8 Å². The average Bonchev–Trinajstić information content (AvgIpc) is 2.87. The lowest BCUT2D eigenvalue weighted by Crippen LogP contribution is -2.42. The Bertz CT molecular complexity index is 446. The Balaban J connectivity index is 2.49. The molecule has 0 spiro atoms. The number of esters is 1. The van der Waals surface area contributed by atoms with Gasteiger partial charge < -0.3 is 20.5 Å². The summed E-state index contributed by atoms with van der Waals surface area (Å²) < 4.78 is 4.62. The monoisotopic (exact) mass is 286 g/mol. The van der Waals surface area contributed by atoms with Crippen molar-refractivity contribution in [3.63, 3.8) is 0 Å². The zero-order chi connectivity index (χ0) is 14.3. The van der Waals surface area contributed by atoms with E-state index in [0.717, 1.165) is 0 Å². The SMILES string of the molecule is CCOC(=O)CNC(=O)NC(C(=O)O)c1cccs1. The van der Waals surface area contributed by atoms with Crippen molar-refractivity contribution in [2.45, 2.75) is 13.0 Å². The van der Waals surface area contributed by atoms with Crippen LogP contribution in [0.5, 0.6) is 0 Å². The molecule has 2 amide bonds. The van der Waals surface area contributed by atoms with Gasteiger partial charge in [-0.05, 0) is 18.4 Å². The molecule has 104 valence electrons. The quantitative estimate of drug-likeness (QED) is 0.669. The molecular formula is C11H14N2O5S. The lowest BCUT2D eigenvalue weighted by atomic mass is 10.2. The highest BCUT2D eigenvalue weighted by Crippen LogP contribution is 2.18. The number of hydrogen-bond acceptors (Lipinski definition) is 5. The molecule has 0 aromatic carbocycles. The minimum absolute atomic E-state index is 0.217. The number of thiophene rings is 1. The van der Waals surface area contributed by atoms with Crippen molar-refractivity contribution in [2.24, 2.45) is 0 Å². The van der Waals surface area contributed by atoms with E-state index >= 15 is 0 Å². The summed E-state index contributed by atoms with van der Waals surface area (Å²) in [6.45, 7) is 1.56. The van der Waals surface area contributed by atoms with Gasteiger partial charge in [-0.2, -0.15) is 0 Å². The number of aliphatic carboxylic acids is 1. The second kappa shape index (κ2) is 7.37. The number of urea groups is 1. The minimum Gasteiger partial charge on any atom is -0.479 e. The molecule has 1 atom stereocenters. The zero-order valence-electron chi connectivity index (χ0n) is 10.2. The first kappa shape index (κ1) is 15.0. The van der Waals surface area contributed by atoms with Crippen LogP contribution < -0.4 is 10.6 Å². The van der Waals surface area contributed by atoms with Gasteiger partial charge in [-0.25, -0.2) is 9.59 Å². The van der Waals surface area contributed by atoms with Crippen molar-refractivity contribution in [3.05, 3.63) is 22.4 Å². The van der Waals surface area contributed by atoms with Crippen molar-refractivity contribution >= 4 is 29.3 Å². The van der Waals surface area contributed by atoms with Crippen LogP contribution in [-0.2, 0) is 14.3 Å². The summed E-state index contributed by atoms with van der Waals surface area (Å²) >= 11 is 1.22. The number of ether oxygens (including phenoxy) is 1. The van der Waals surface area contributed by atoms with Gasteiger partial charge in [0, 0.05) is 4.88 Å². The van der Waals surface area contributed by atoms with E-state index in [-0.39, 0.29) is 13.2 Å². The van der Waals surface area contributed by atoms with Gasteiger partial charge in [0.2, 0.25) is 0 Å². The van der Waals surface area contributed by atoms with Crippen LogP contribution in [-0.4, -0.2) is 36.2 Å². The van der Waals surface area contributed by atoms with Gasteiger partial charge in [0.25, 0.3) is 0 Å². The van der Waals surface area contributed by atoms with Gasteiger partial charge in [0.1, 0.15) is 6.54 Å². The van der Waals surface area contributed by atoms with E-state index in [0.29, 0.717) is 4.88 Å². The summed E-state index contributed by atoms with van der Waals surface area (Å²) in [5.41, 5.74) is 0. The fourth-order valence-electron chi connectivity index (χ4n) is 1.26. The molecule has 0 saturated carbocycles. The van der Waals surface area contributed by atoms with Gasteiger partial charge in [-0.3, -0.25) is 4.79 Å². The normalized spacial score (nSPS) is 11.4. The van der Waals surface area contributed by atoms with Gasteiger partial charge in [0.05, 0.1) is 6.61 Å². The number of carboxylic acid groups (broad SMARTS) is 1. The molecule has 0 radical (unpaired) electrons. The summed E-state index contributed by atoms with van der Waals surface area (Å²) in [7, 11) is 0. The van der Waals surface area contributed by atoms with Crippen LogP contribution in [0, 0.1) is 0 Å². The van der Waals surface area contributed by atoms with Crippen LogP contribution in [0.25, 0.3) is 0 Å². The summed E-state index contributed by atoms with van der Waals surface area (Å²) in [5, 5.41) is 15.2. The number of amides is 2. The topological polar surface area (TPSA) is 105 Å². The van der Waals surface area contributed by atoms with E-state index in [1.807, 2.05) is 0 Å². The number of carboxylic acids is 1. The van der Waals surface area contributed by atoms with Crippen LogP contribution in [0.15, 0.2) is 17.5 Å². The van der Waals surface area contributed by atoms with Crippen LogP contribution >= 0.6 is 11.3 Å². The maximum absolute atomic E-state index is 11.5. The number of nitrogens with one attached hydrogen (secondary N) is 2. The first-order valence-corrected chi connectivity index (χ1v) is 6.38. The third-order valence-corrected chi connectivity index (χ3v) is 2.99. The van der Waals surface area contributed by atoms with Crippen molar-refractivity contribution in [2.75, 3.05) is 13.2 Å². The van der Waals surface area contributed by atoms with Crippen LogP contribution in [0.3, 0.4) is 0 Å². The molecule has 0 saturated heterocycles. The smallest absolute Gasteiger partial charge is 0.331 e. The summed E-state index contributed by atoms with van der Waals surface area (Å²) in [4.78, 5) is 34.0. The molecule has 3 N–H and O–H groups in total. The van der Waals surface area contributed by atoms with Crippen LogP contribution in [0.4, 0.5) is 4.79 Å². The largest absolute Gasteiger partial charge is 0.479 e. The third-order valence-electron chi connectivity index (χ3n) is 2.05. The van der Waals surface area contributed by atoms with E-state index in [1.54, 1.807) is 24.4 Å². The van der Waals surface area contributed by atoms with Gasteiger partial charge >= 0.3 is 18.0 Å². The summed E-state index contributed by atoms with van der Waals surface area (Å²) in [6, 6.07) is 1.42. The highest BCUT2D eigenvalue weighted by atomic mass is 32.1. The Morgan fingerprint density at radius 2 is 2.21 bits per heavy atom. The second-order valence-corrected chi connectivity index (χ2v) is 4.40. The van der Waals surface area contributed by atoms with Gasteiger partial charge in [-0.15, -0.1) is 11.3 Å². The second-order valence-electron chi connectivity index (χ2n) is 3.42. The fraction of sp³-hybridized carbons (Fsp3) is 0.364. The number of hydrogen-bond donors (Lipinski definition) is 3. The molecule has 1 aromatic rings. The molecule has 7 nitrogen and oxygen atoms in total. The third kappa shape index (κ3) is 4.96. The Morgan fingerprint density at radius 1 is 1.47 bits per heavy atom. The first-order valence-electron chi connectivity index (χ1n) is 5.50. The number of carbonyl (C=O) groups is 3. The van der Waals surface area contributed by atoms with Crippen molar-refractivity contribution in [1.82, 2.24) is 10.6 Å². The Morgan fingerprint density at radius 3 is 2.74 bits per heavy atom. The highest BCUT2D eigenvalue weighted by Gasteiger charge is 2.23.